The first-order chi connectivity index (χ1) is 5.13. The summed E-state index contributed by atoms with van der Waals surface area (Å²) in [6, 6.07) is 0. The SMILES string of the molecule is CC(=O)c1ncsc1C(C)=O. The smallest absolute Gasteiger partial charge is 0.179 e. The standard InChI is InChI=1S/C7H7NO2S/c1-4(9)6-7(5(2)10)11-3-8-6/h3H,1-2H3. The highest BCUT2D eigenvalue weighted by atomic mass is 32.1. The van der Waals surface area contributed by atoms with E-state index in [1.165, 1.54) is 30.7 Å². The number of carbonyl (C=O) groups excluding carboxylic acids is 2. The van der Waals surface area contributed by atoms with E-state index in [2.05, 4.69) is 4.98 Å². The van der Waals surface area contributed by atoms with Gasteiger partial charge in [-0.3, -0.25) is 9.59 Å². The Morgan fingerprint density at radius 1 is 1.36 bits per heavy atom. The number of ketones is 2. The molecular weight excluding hydrogens is 162 g/mol. The highest BCUT2D eigenvalue weighted by Gasteiger charge is 2.13. The van der Waals surface area contributed by atoms with Gasteiger partial charge in [-0.2, -0.15) is 0 Å². The fraction of sp³-hybridized carbons (Fsp3) is 0.286. The van der Waals surface area contributed by atoms with Gasteiger partial charge in [0.05, 0.1) is 5.51 Å². The molecule has 0 radical (unpaired) electrons. The van der Waals surface area contributed by atoms with Crippen molar-refractivity contribution >= 4 is 22.9 Å². The highest BCUT2D eigenvalue weighted by molar-refractivity contribution is 7.12. The van der Waals surface area contributed by atoms with E-state index >= 15 is 0 Å². The van der Waals surface area contributed by atoms with Gasteiger partial charge in [-0.05, 0) is 0 Å². The van der Waals surface area contributed by atoms with Crippen LogP contribution in [0.15, 0.2) is 5.51 Å². The topological polar surface area (TPSA) is 47.0 Å². The lowest BCUT2D eigenvalue weighted by atomic mass is 10.2. The molecule has 0 aromatic carbocycles. The third kappa shape index (κ3) is 1.51. The number of hydrogen-bond donors (Lipinski definition) is 0. The second-order valence-corrected chi connectivity index (χ2v) is 3.00. The molecule has 0 spiro atoms. The Bertz CT molecular complexity index is 275. The van der Waals surface area contributed by atoms with Crippen molar-refractivity contribution in [3.63, 3.8) is 0 Å². The van der Waals surface area contributed by atoms with E-state index in [1.54, 1.807) is 0 Å². The maximum atomic E-state index is 10.8. The van der Waals surface area contributed by atoms with Crippen LogP contribution >= 0.6 is 11.3 Å². The van der Waals surface area contributed by atoms with Crippen LogP contribution < -0.4 is 0 Å². The molecule has 1 aromatic rings. The second-order valence-electron chi connectivity index (χ2n) is 2.14. The predicted molar refractivity (Wildman–Crippen MR) is 42.1 cm³/mol. The molecule has 1 rings (SSSR count). The van der Waals surface area contributed by atoms with Crippen molar-refractivity contribution in [1.82, 2.24) is 4.98 Å². The van der Waals surface area contributed by atoms with Crippen LogP contribution in [0.5, 0.6) is 0 Å². The summed E-state index contributed by atoms with van der Waals surface area (Å²) in [5.41, 5.74) is 1.80. The van der Waals surface area contributed by atoms with E-state index in [9.17, 15) is 9.59 Å². The minimum Gasteiger partial charge on any atom is -0.294 e. The zero-order valence-electron chi connectivity index (χ0n) is 6.25. The fourth-order valence-electron chi connectivity index (χ4n) is 0.747. The van der Waals surface area contributed by atoms with Crippen molar-refractivity contribution in [2.45, 2.75) is 13.8 Å². The predicted octanol–water partition coefficient (Wildman–Crippen LogP) is 1.55. The van der Waals surface area contributed by atoms with Crippen molar-refractivity contribution in [3.8, 4) is 0 Å². The van der Waals surface area contributed by atoms with Crippen LogP contribution in [-0.2, 0) is 0 Å². The van der Waals surface area contributed by atoms with Gasteiger partial charge in [0.1, 0.15) is 10.6 Å². The number of nitrogens with zero attached hydrogens (tertiary/aromatic N) is 1. The molecule has 3 nitrogen and oxygen atoms in total. The highest BCUT2D eigenvalue weighted by Crippen LogP contribution is 2.13. The Morgan fingerprint density at radius 3 is 2.36 bits per heavy atom. The van der Waals surface area contributed by atoms with Gasteiger partial charge in [0, 0.05) is 13.8 Å². The monoisotopic (exact) mass is 169 g/mol. The van der Waals surface area contributed by atoms with E-state index in [0.717, 1.165) is 0 Å². The number of aromatic nitrogens is 1. The molecule has 4 heteroatoms. The fourth-order valence-corrected chi connectivity index (χ4v) is 1.48. The molecule has 0 aliphatic heterocycles. The van der Waals surface area contributed by atoms with Crippen molar-refractivity contribution in [3.05, 3.63) is 16.1 Å². The molecule has 58 valence electrons. The van der Waals surface area contributed by atoms with Crippen LogP contribution in [0, 0.1) is 0 Å². The number of rotatable bonds is 2. The Morgan fingerprint density at radius 2 is 2.00 bits per heavy atom. The average Bonchev–Trinajstić information content (AvgIpc) is 2.32. The molecule has 0 bridgehead atoms. The molecule has 0 N–H and O–H groups in total. The van der Waals surface area contributed by atoms with Crippen molar-refractivity contribution < 1.29 is 9.59 Å². The molecule has 0 amide bonds. The van der Waals surface area contributed by atoms with Crippen LogP contribution in [0.3, 0.4) is 0 Å². The Labute approximate surface area is 68.1 Å². The molecule has 0 unspecified atom stereocenters. The summed E-state index contributed by atoms with van der Waals surface area (Å²) in [6.07, 6.45) is 0. The largest absolute Gasteiger partial charge is 0.294 e. The van der Waals surface area contributed by atoms with Crippen LogP contribution in [0.25, 0.3) is 0 Å². The van der Waals surface area contributed by atoms with E-state index < -0.39 is 0 Å². The van der Waals surface area contributed by atoms with E-state index in [4.69, 9.17) is 0 Å². The summed E-state index contributed by atoms with van der Waals surface area (Å²) in [6.45, 7) is 2.83. The van der Waals surface area contributed by atoms with Gasteiger partial charge < -0.3 is 0 Å². The second kappa shape index (κ2) is 2.92. The average molecular weight is 169 g/mol. The maximum absolute atomic E-state index is 10.8. The maximum Gasteiger partial charge on any atom is 0.179 e. The molecule has 0 saturated carbocycles. The molecule has 11 heavy (non-hydrogen) atoms. The third-order valence-corrected chi connectivity index (χ3v) is 2.15. The Kier molecular flexibility index (Phi) is 2.14. The van der Waals surface area contributed by atoms with Gasteiger partial charge >= 0.3 is 0 Å². The molecule has 0 aliphatic rings. The van der Waals surface area contributed by atoms with E-state index in [-0.39, 0.29) is 11.6 Å². The zero-order valence-corrected chi connectivity index (χ0v) is 7.07. The summed E-state index contributed by atoms with van der Waals surface area (Å²) >= 11 is 1.20. The molecular formula is C7H7NO2S. The lowest BCUT2D eigenvalue weighted by Crippen LogP contribution is -2.00. The normalized spacial score (nSPS) is 9.64. The number of hydrogen-bond acceptors (Lipinski definition) is 4. The van der Waals surface area contributed by atoms with Gasteiger partial charge in [0.25, 0.3) is 0 Å². The number of carbonyl (C=O) groups is 2. The Hall–Kier alpha value is -1.03. The van der Waals surface area contributed by atoms with Crippen molar-refractivity contribution in [2.75, 3.05) is 0 Å². The van der Waals surface area contributed by atoms with Gasteiger partial charge in [0.2, 0.25) is 0 Å². The van der Waals surface area contributed by atoms with Crippen LogP contribution in [0.1, 0.15) is 34.0 Å². The molecule has 1 aromatic heterocycles. The summed E-state index contributed by atoms with van der Waals surface area (Å²) in [7, 11) is 0. The van der Waals surface area contributed by atoms with Gasteiger partial charge in [-0.25, -0.2) is 4.98 Å². The van der Waals surface area contributed by atoms with Crippen molar-refractivity contribution in [1.29, 1.82) is 0 Å². The number of thiazole rings is 1. The third-order valence-electron chi connectivity index (χ3n) is 1.22. The summed E-state index contributed by atoms with van der Waals surface area (Å²) in [5.74, 6) is -0.255. The minimum absolute atomic E-state index is 0.0994. The van der Waals surface area contributed by atoms with Gasteiger partial charge in [-0.15, -0.1) is 11.3 Å². The Balaban J connectivity index is 3.16. The molecule has 0 atom stereocenters. The molecule has 0 aliphatic carbocycles. The first-order valence-corrected chi connectivity index (χ1v) is 3.96. The quantitative estimate of drug-likeness (QED) is 0.631. The van der Waals surface area contributed by atoms with E-state index in [0.29, 0.717) is 10.6 Å². The molecule has 1 heterocycles. The minimum atomic E-state index is -0.156. The summed E-state index contributed by atoms with van der Waals surface area (Å²) in [4.78, 5) is 25.9. The van der Waals surface area contributed by atoms with Gasteiger partial charge in [-0.1, -0.05) is 0 Å². The lowest BCUT2D eigenvalue weighted by molar-refractivity contribution is 0.0980. The molecule has 0 fully saturated rings. The molecule has 0 saturated heterocycles. The van der Waals surface area contributed by atoms with Crippen molar-refractivity contribution in [2.24, 2.45) is 0 Å². The van der Waals surface area contributed by atoms with E-state index in [1.807, 2.05) is 0 Å². The first-order valence-electron chi connectivity index (χ1n) is 3.08. The summed E-state index contributed by atoms with van der Waals surface area (Å²) < 4.78 is 0. The lowest BCUT2D eigenvalue weighted by Gasteiger charge is -1.90. The van der Waals surface area contributed by atoms with Crippen LogP contribution in [0.4, 0.5) is 0 Å². The van der Waals surface area contributed by atoms with Gasteiger partial charge in [0.15, 0.2) is 11.6 Å². The first kappa shape index (κ1) is 8.07. The zero-order chi connectivity index (χ0) is 8.43. The van der Waals surface area contributed by atoms with Crippen LogP contribution in [-0.4, -0.2) is 16.6 Å². The van der Waals surface area contributed by atoms with Crippen LogP contribution in [0.2, 0.25) is 0 Å². The summed E-state index contributed by atoms with van der Waals surface area (Å²) in [5, 5.41) is 0. The number of Topliss-reactive ketones (excluding diaryl/α,β-unsaturated/α-hetero) is 2.